The second kappa shape index (κ2) is 7.19. The molecule has 0 spiro atoms. The number of nitrogens with zero attached hydrogens (tertiary/aromatic N) is 1. The van der Waals surface area contributed by atoms with E-state index in [4.69, 9.17) is 11.6 Å². The van der Waals surface area contributed by atoms with Gasteiger partial charge in [-0.2, -0.15) is 13.2 Å². The van der Waals surface area contributed by atoms with Crippen LogP contribution in [0.5, 0.6) is 0 Å². The molecular formula is C14H12BrClF3N3. The minimum atomic E-state index is -4.45. The van der Waals surface area contributed by atoms with E-state index in [1.54, 1.807) is 0 Å². The van der Waals surface area contributed by atoms with Crippen molar-refractivity contribution < 1.29 is 13.2 Å². The van der Waals surface area contributed by atoms with Crippen molar-refractivity contribution in [1.82, 2.24) is 4.98 Å². The van der Waals surface area contributed by atoms with Gasteiger partial charge in [-0.3, -0.25) is 0 Å². The SMILES string of the molecule is FC(F)(F)c1cnc(NCCNc2ccccc2Br)c(Cl)c1. The molecule has 2 aromatic rings. The summed E-state index contributed by atoms with van der Waals surface area (Å²) in [6.07, 6.45) is -3.69. The van der Waals surface area contributed by atoms with E-state index < -0.39 is 11.7 Å². The standard InChI is InChI=1S/C14H12BrClF3N3/c15-10-3-1-2-4-12(10)20-5-6-21-13-11(16)7-9(8-22-13)14(17,18)19/h1-4,7-8,20H,5-6H2,(H,21,22). The highest BCUT2D eigenvalue weighted by Crippen LogP contribution is 2.32. The molecule has 0 saturated heterocycles. The molecule has 1 aromatic carbocycles. The lowest BCUT2D eigenvalue weighted by Crippen LogP contribution is -2.15. The molecule has 0 saturated carbocycles. The van der Waals surface area contributed by atoms with Crippen LogP contribution in [0, 0.1) is 0 Å². The van der Waals surface area contributed by atoms with Crippen LogP contribution in [0.1, 0.15) is 5.56 Å². The third-order valence-corrected chi connectivity index (χ3v) is 3.75. The number of pyridine rings is 1. The summed E-state index contributed by atoms with van der Waals surface area (Å²) in [5, 5.41) is 6.01. The van der Waals surface area contributed by atoms with Gasteiger partial charge in [0.25, 0.3) is 0 Å². The zero-order chi connectivity index (χ0) is 16.2. The van der Waals surface area contributed by atoms with Crippen LogP contribution in [-0.4, -0.2) is 18.1 Å². The second-order valence-corrected chi connectivity index (χ2v) is 5.65. The van der Waals surface area contributed by atoms with Crippen molar-refractivity contribution in [3.63, 3.8) is 0 Å². The second-order valence-electron chi connectivity index (χ2n) is 4.39. The Balaban J connectivity index is 1.89. The predicted octanol–water partition coefficient (Wildman–Crippen LogP) is 5.04. The monoisotopic (exact) mass is 393 g/mol. The number of benzene rings is 1. The Morgan fingerprint density at radius 2 is 1.82 bits per heavy atom. The van der Waals surface area contributed by atoms with Crippen LogP contribution in [0.4, 0.5) is 24.7 Å². The molecule has 0 aliphatic carbocycles. The molecule has 2 N–H and O–H groups in total. The van der Waals surface area contributed by atoms with Gasteiger partial charge in [-0.15, -0.1) is 0 Å². The molecule has 2 rings (SSSR count). The zero-order valence-electron chi connectivity index (χ0n) is 11.2. The summed E-state index contributed by atoms with van der Waals surface area (Å²) < 4.78 is 38.4. The van der Waals surface area contributed by atoms with Crippen molar-refractivity contribution in [2.24, 2.45) is 0 Å². The summed E-state index contributed by atoms with van der Waals surface area (Å²) in [5.41, 5.74) is 0.0603. The van der Waals surface area contributed by atoms with Crippen LogP contribution in [0.2, 0.25) is 5.02 Å². The van der Waals surface area contributed by atoms with E-state index in [-0.39, 0.29) is 10.8 Å². The van der Waals surface area contributed by atoms with Gasteiger partial charge in [0.05, 0.1) is 10.6 Å². The van der Waals surface area contributed by atoms with Gasteiger partial charge in [-0.1, -0.05) is 23.7 Å². The Kier molecular flexibility index (Phi) is 5.52. The highest BCUT2D eigenvalue weighted by Gasteiger charge is 2.31. The van der Waals surface area contributed by atoms with E-state index in [2.05, 4.69) is 31.5 Å². The molecule has 0 aliphatic heterocycles. The van der Waals surface area contributed by atoms with Crippen molar-refractivity contribution in [3.8, 4) is 0 Å². The van der Waals surface area contributed by atoms with E-state index in [0.717, 1.165) is 22.4 Å². The number of para-hydroxylation sites is 1. The lowest BCUT2D eigenvalue weighted by atomic mass is 10.3. The van der Waals surface area contributed by atoms with E-state index in [0.29, 0.717) is 13.1 Å². The van der Waals surface area contributed by atoms with Gasteiger partial charge in [-0.05, 0) is 34.1 Å². The van der Waals surface area contributed by atoms with E-state index in [1.165, 1.54) is 0 Å². The van der Waals surface area contributed by atoms with Gasteiger partial charge >= 0.3 is 6.18 Å². The summed E-state index contributed by atoms with van der Waals surface area (Å²) in [7, 11) is 0. The van der Waals surface area contributed by atoms with Gasteiger partial charge in [0.15, 0.2) is 0 Å². The van der Waals surface area contributed by atoms with Crippen molar-refractivity contribution in [2.75, 3.05) is 23.7 Å². The maximum absolute atomic E-state index is 12.5. The van der Waals surface area contributed by atoms with Crippen LogP contribution in [0.15, 0.2) is 41.0 Å². The molecule has 3 nitrogen and oxygen atoms in total. The molecule has 0 fully saturated rings. The first kappa shape index (κ1) is 16.9. The Bertz CT molecular complexity index is 649. The summed E-state index contributed by atoms with van der Waals surface area (Å²) >= 11 is 9.21. The number of anilines is 2. The molecule has 0 bridgehead atoms. The minimum absolute atomic E-state index is 0.0595. The number of hydrogen-bond donors (Lipinski definition) is 2. The van der Waals surface area contributed by atoms with Gasteiger partial charge in [0, 0.05) is 29.4 Å². The zero-order valence-corrected chi connectivity index (χ0v) is 13.6. The fourth-order valence-electron chi connectivity index (χ4n) is 1.71. The molecule has 1 heterocycles. The predicted molar refractivity (Wildman–Crippen MR) is 85.4 cm³/mol. The molecule has 0 atom stereocenters. The fourth-order valence-corrected chi connectivity index (χ4v) is 2.36. The van der Waals surface area contributed by atoms with Crippen molar-refractivity contribution in [2.45, 2.75) is 6.18 Å². The van der Waals surface area contributed by atoms with Crippen LogP contribution in [-0.2, 0) is 6.18 Å². The molecule has 0 unspecified atom stereocenters. The number of halogens is 5. The first-order valence-corrected chi connectivity index (χ1v) is 7.50. The number of nitrogens with one attached hydrogen (secondary N) is 2. The van der Waals surface area contributed by atoms with Crippen LogP contribution in [0.3, 0.4) is 0 Å². The lowest BCUT2D eigenvalue weighted by molar-refractivity contribution is -0.137. The topological polar surface area (TPSA) is 37.0 Å². The van der Waals surface area contributed by atoms with Crippen LogP contribution >= 0.6 is 27.5 Å². The average Bonchev–Trinajstić information content (AvgIpc) is 2.45. The Morgan fingerprint density at radius 1 is 1.14 bits per heavy atom. The third-order valence-electron chi connectivity index (χ3n) is 2.78. The first-order chi connectivity index (χ1) is 10.4. The minimum Gasteiger partial charge on any atom is -0.382 e. The molecule has 0 amide bonds. The van der Waals surface area contributed by atoms with Gasteiger partial charge in [0.2, 0.25) is 0 Å². The van der Waals surface area contributed by atoms with Gasteiger partial charge in [0.1, 0.15) is 5.82 Å². The summed E-state index contributed by atoms with van der Waals surface area (Å²) in [5.74, 6) is 0.226. The first-order valence-electron chi connectivity index (χ1n) is 6.33. The van der Waals surface area contributed by atoms with Crippen molar-refractivity contribution >= 4 is 39.0 Å². The quantitative estimate of drug-likeness (QED) is 0.698. The fraction of sp³-hybridized carbons (Fsp3) is 0.214. The van der Waals surface area contributed by atoms with Gasteiger partial charge in [-0.25, -0.2) is 4.98 Å². The summed E-state index contributed by atoms with van der Waals surface area (Å²) in [4.78, 5) is 3.71. The largest absolute Gasteiger partial charge is 0.417 e. The van der Waals surface area contributed by atoms with Crippen molar-refractivity contribution in [3.05, 3.63) is 51.6 Å². The number of aromatic nitrogens is 1. The van der Waals surface area contributed by atoms with Crippen LogP contribution < -0.4 is 10.6 Å². The normalized spacial score (nSPS) is 11.3. The Hall–Kier alpha value is -1.47. The molecule has 118 valence electrons. The van der Waals surface area contributed by atoms with E-state index in [9.17, 15) is 13.2 Å². The summed E-state index contributed by atoms with van der Waals surface area (Å²) in [6.45, 7) is 1.01. The Labute approximate surface area is 139 Å². The Morgan fingerprint density at radius 3 is 2.45 bits per heavy atom. The molecule has 0 radical (unpaired) electrons. The molecule has 0 aliphatic rings. The molecular weight excluding hydrogens is 383 g/mol. The molecule has 22 heavy (non-hydrogen) atoms. The molecule has 8 heteroatoms. The number of hydrogen-bond acceptors (Lipinski definition) is 3. The molecule has 1 aromatic heterocycles. The average molecular weight is 395 g/mol. The smallest absolute Gasteiger partial charge is 0.382 e. The maximum atomic E-state index is 12.5. The highest BCUT2D eigenvalue weighted by atomic mass is 79.9. The van der Waals surface area contributed by atoms with E-state index >= 15 is 0 Å². The van der Waals surface area contributed by atoms with Crippen molar-refractivity contribution in [1.29, 1.82) is 0 Å². The third kappa shape index (κ3) is 4.51. The van der Waals surface area contributed by atoms with E-state index in [1.807, 2.05) is 24.3 Å². The number of alkyl halides is 3. The highest BCUT2D eigenvalue weighted by molar-refractivity contribution is 9.10. The van der Waals surface area contributed by atoms with Gasteiger partial charge < -0.3 is 10.6 Å². The lowest BCUT2D eigenvalue weighted by Gasteiger charge is -2.12. The number of rotatable bonds is 5. The maximum Gasteiger partial charge on any atom is 0.417 e. The van der Waals surface area contributed by atoms with Crippen LogP contribution in [0.25, 0.3) is 0 Å². The summed E-state index contributed by atoms with van der Waals surface area (Å²) in [6, 6.07) is 8.48.